The normalized spacial score (nSPS) is 17.0. The summed E-state index contributed by atoms with van der Waals surface area (Å²) in [6, 6.07) is 9.63. The van der Waals surface area contributed by atoms with E-state index in [0.717, 1.165) is 11.4 Å². The molecule has 0 fully saturated rings. The Morgan fingerprint density at radius 2 is 2.05 bits per heavy atom. The highest BCUT2D eigenvalue weighted by Gasteiger charge is 2.23. The maximum Gasteiger partial charge on any atom is 0.333 e. The number of benzene rings is 1. The Hall–Kier alpha value is -2.23. The number of aliphatic hydroxyl groups excluding tert-OH is 1. The summed E-state index contributed by atoms with van der Waals surface area (Å²) in [6.45, 7) is 0.0880. The fraction of sp³-hybridized carbons (Fsp3) is 0.286. The van der Waals surface area contributed by atoms with Crippen LogP contribution in [0.2, 0.25) is 0 Å². The van der Waals surface area contributed by atoms with Gasteiger partial charge < -0.3 is 15.4 Å². The molecule has 0 saturated carbocycles. The van der Waals surface area contributed by atoms with E-state index in [1.54, 1.807) is 6.08 Å². The lowest BCUT2D eigenvalue weighted by atomic mass is 10.0. The molecule has 5 nitrogen and oxygen atoms in total. The number of aliphatic imine (C=N–C) groups is 1. The molecule has 0 spiro atoms. The number of nitrogens with zero attached hydrogens (tertiary/aromatic N) is 3. The van der Waals surface area contributed by atoms with E-state index in [2.05, 4.69) is 9.78 Å². The second-order valence-corrected chi connectivity index (χ2v) is 4.07. The number of rotatable bonds is 4. The lowest BCUT2D eigenvalue weighted by molar-refractivity contribution is -0.0136. The minimum absolute atomic E-state index is 0.0821. The summed E-state index contributed by atoms with van der Waals surface area (Å²) in [6.07, 6.45) is 3.01. The third-order valence-corrected chi connectivity index (χ3v) is 2.70. The first-order valence-corrected chi connectivity index (χ1v) is 6.12. The second kappa shape index (κ2) is 6.64. The molecule has 0 radical (unpaired) electrons. The zero-order valence-electron chi connectivity index (χ0n) is 10.5. The maximum absolute atomic E-state index is 8.90. The zero-order valence-corrected chi connectivity index (χ0v) is 10.5. The van der Waals surface area contributed by atoms with Gasteiger partial charge in [0, 0.05) is 18.2 Å². The molecule has 1 aromatic carbocycles. The molecule has 0 heterocycles. The van der Waals surface area contributed by atoms with Crippen LogP contribution in [0, 0.1) is 0 Å². The molecular formula is C14H15N3O2. The molecule has 0 amide bonds. The van der Waals surface area contributed by atoms with Crippen LogP contribution in [-0.4, -0.2) is 34.5 Å². The second-order valence-electron chi connectivity index (χ2n) is 4.07. The Morgan fingerprint density at radius 1 is 1.26 bits per heavy atom. The van der Waals surface area contributed by atoms with Crippen LogP contribution >= 0.6 is 0 Å². The van der Waals surface area contributed by atoms with Crippen molar-refractivity contribution < 1.29 is 14.6 Å². The highest BCUT2D eigenvalue weighted by Crippen LogP contribution is 2.18. The van der Waals surface area contributed by atoms with Gasteiger partial charge >= 0.3 is 5.71 Å². The van der Waals surface area contributed by atoms with Gasteiger partial charge in [-0.3, -0.25) is 4.99 Å². The number of para-hydroxylation sites is 1. The topological polar surface area (TPSA) is 78.2 Å². The lowest BCUT2D eigenvalue weighted by Crippen LogP contribution is -2.18. The van der Waals surface area contributed by atoms with Gasteiger partial charge in [0.2, 0.25) is 5.76 Å². The van der Waals surface area contributed by atoms with Gasteiger partial charge in [-0.1, -0.05) is 18.2 Å². The molecule has 0 unspecified atom stereocenters. The van der Waals surface area contributed by atoms with Crippen molar-refractivity contribution in [3.05, 3.63) is 47.7 Å². The van der Waals surface area contributed by atoms with E-state index >= 15 is 0 Å². The summed E-state index contributed by atoms with van der Waals surface area (Å²) in [5.41, 5.74) is 11.1. The molecule has 0 aliphatic heterocycles. The SMILES string of the molecule is [N-]=[N+]=C1CCC(=Nc2ccccc2)C=C1OCCO. The highest BCUT2D eigenvalue weighted by molar-refractivity contribution is 6.10. The standard InChI is InChI=1S/C14H15N3O2/c15-17-13-7-6-12(10-14(13)19-9-8-18)16-11-4-2-1-3-5-11/h1-5,10,18H,6-9H2. The number of hydrogen-bond acceptors (Lipinski definition) is 3. The van der Waals surface area contributed by atoms with Crippen LogP contribution in [0.5, 0.6) is 0 Å². The van der Waals surface area contributed by atoms with E-state index < -0.39 is 0 Å². The van der Waals surface area contributed by atoms with Crippen molar-refractivity contribution >= 4 is 17.1 Å². The van der Waals surface area contributed by atoms with E-state index in [1.807, 2.05) is 30.3 Å². The van der Waals surface area contributed by atoms with Crippen molar-refractivity contribution in [2.24, 2.45) is 4.99 Å². The molecular weight excluding hydrogens is 242 g/mol. The van der Waals surface area contributed by atoms with E-state index in [1.165, 1.54) is 0 Å². The summed E-state index contributed by atoms with van der Waals surface area (Å²) in [4.78, 5) is 7.72. The van der Waals surface area contributed by atoms with Gasteiger partial charge in [-0.05, 0) is 12.1 Å². The molecule has 2 rings (SSSR count). The Labute approximate surface area is 111 Å². The minimum atomic E-state index is -0.0821. The van der Waals surface area contributed by atoms with E-state index in [4.69, 9.17) is 15.4 Å². The first-order chi connectivity index (χ1) is 9.33. The average molecular weight is 257 g/mol. The summed E-state index contributed by atoms with van der Waals surface area (Å²) in [5.74, 6) is 0.470. The van der Waals surface area contributed by atoms with E-state index in [9.17, 15) is 0 Å². The monoisotopic (exact) mass is 257 g/mol. The van der Waals surface area contributed by atoms with Crippen molar-refractivity contribution in [3.63, 3.8) is 0 Å². The first kappa shape index (κ1) is 13.2. The molecule has 98 valence electrons. The summed E-state index contributed by atoms with van der Waals surface area (Å²) >= 11 is 0. The van der Waals surface area contributed by atoms with Crippen molar-refractivity contribution in [1.29, 1.82) is 0 Å². The molecule has 19 heavy (non-hydrogen) atoms. The number of allylic oxidation sites excluding steroid dienone is 2. The van der Waals surface area contributed by atoms with Crippen molar-refractivity contribution in [2.75, 3.05) is 13.2 Å². The Morgan fingerprint density at radius 3 is 2.74 bits per heavy atom. The van der Waals surface area contributed by atoms with Crippen LogP contribution in [0.25, 0.3) is 5.53 Å². The van der Waals surface area contributed by atoms with Crippen LogP contribution in [0.15, 0.2) is 47.2 Å². The van der Waals surface area contributed by atoms with Gasteiger partial charge in [-0.2, -0.15) is 4.79 Å². The summed E-state index contributed by atoms with van der Waals surface area (Å²) in [7, 11) is 0. The van der Waals surface area contributed by atoms with Crippen LogP contribution in [0.4, 0.5) is 5.69 Å². The summed E-state index contributed by atoms with van der Waals surface area (Å²) < 4.78 is 5.34. The molecule has 1 N–H and O–H groups in total. The largest absolute Gasteiger partial charge is 0.484 e. The van der Waals surface area contributed by atoms with Crippen LogP contribution in [0.1, 0.15) is 12.8 Å². The zero-order chi connectivity index (χ0) is 13.5. The van der Waals surface area contributed by atoms with Gasteiger partial charge in [0.1, 0.15) is 6.61 Å². The molecule has 1 aliphatic carbocycles. The predicted molar refractivity (Wildman–Crippen MR) is 72.5 cm³/mol. The van der Waals surface area contributed by atoms with Crippen molar-refractivity contribution in [1.82, 2.24) is 0 Å². The Kier molecular flexibility index (Phi) is 4.61. The maximum atomic E-state index is 8.90. The first-order valence-electron chi connectivity index (χ1n) is 6.12. The molecule has 0 bridgehead atoms. The quantitative estimate of drug-likeness (QED) is 0.662. The third-order valence-electron chi connectivity index (χ3n) is 2.70. The fourth-order valence-electron chi connectivity index (χ4n) is 1.81. The van der Waals surface area contributed by atoms with Crippen molar-refractivity contribution in [3.8, 4) is 0 Å². The predicted octanol–water partition coefficient (Wildman–Crippen LogP) is 2.12. The van der Waals surface area contributed by atoms with Gasteiger partial charge in [0.15, 0.2) is 0 Å². The highest BCUT2D eigenvalue weighted by atomic mass is 16.5. The van der Waals surface area contributed by atoms with Gasteiger partial charge in [0.05, 0.1) is 18.7 Å². The minimum Gasteiger partial charge on any atom is -0.484 e. The number of ether oxygens (including phenoxy) is 1. The average Bonchev–Trinajstić information content (AvgIpc) is 2.46. The van der Waals surface area contributed by atoms with Gasteiger partial charge in [0.25, 0.3) is 0 Å². The fourth-order valence-corrected chi connectivity index (χ4v) is 1.81. The molecule has 1 aromatic rings. The molecule has 0 aromatic heterocycles. The van der Waals surface area contributed by atoms with Crippen molar-refractivity contribution in [2.45, 2.75) is 12.8 Å². The third kappa shape index (κ3) is 3.61. The molecule has 0 saturated heterocycles. The molecule has 0 atom stereocenters. The number of aliphatic hydroxyl groups is 1. The van der Waals surface area contributed by atoms with Crippen LogP contribution in [0.3, 0.4) is 0 Å². The van der Waals surface area contributed by atoms with E-state index in [-0.39, 0.29) is 13.2 Å². The van der Waals surface area contributed by atoms with Gasteiger partial charge in [-0.15, -0.1) is 0 Å². The molecule has 1 aliphatic rings. The van der Waals surface area contributed by atoms with Crippen LogP contribution in [-0.2, 0) is 4.74 Å². The smallest absolute Gasteiger partial charge is 0.333 e. The summed E-state index contributed by atoms with van der Waals surface area (Å²) in [5, 5.41) is 8.77. The Balaban J connectivity index is 2.23. The van der Waals surface area contributed by atoms with Crippen LogP contribution < -0.4 is 0 Å². The molecule has 5 heteroatoms. The van der Waals surface area contributed by atoms with E-state index in [0.29, 0.717) is 24.3 Å². The van der Waals surface area contributed by atoms with Gasteiger partial charge in [-0.25, -0.2) is 0 Å². The number of hydrogen-bond donors (Lipinski definition) is 1. The lowest BCUT2D eigenvalue weighted by Gasteiger charge is -2.11. The Bertz CT molecular complexity index is 543.